The topological polar surface area (TPSA) is 58.3 Å². The van der Waals surface area contributed by atoms with Crippen molar-refractivity contribution in [1.82, 2.24) is 5.32 Å². The molecule has 2 unspecified atom stereocenters. The number of aliphatic hydroxyl groups excluding tert-OH is 1. The highest BCUT2D eigenvalue weighted by Crippen LogP contribution is 2.00. The Hall–Kier alpha value is -0.120. The zero-order valence-electron chi connectivity index (χ0n) is 7.67. The van der Waals surface area contributed by atoms with Gasteiger partial charge in [-0.1, -0.05) is 13.8 Å². The van der Waals surface area contributed by atoms with E-state index in [1.54, 1.807) is 0 Å². The molecule has 4 N–H and O–H groups in total. The molecular weight excluding hydrogens is 140 g/mol. The summed E-state index contributed by atoms with van der Waals surface area (Å²) in [5.74, 6) is 0.453. The van der Waals surface area contributed by atoms with Crippen molar-refractivity contribution < 1.29 is 5.11 Å². The van der Waals surface area contributed by atoms with Crippen LogP contribution in [-0.4, -0.2) is 30.3 Å². The van der Waals surface area contributed by atoms with Gasteiger partial charge < -0.3 is 16.2 Å². The molecule has 0 bridgehead atoms. The molecule has 0 aromatic rings. The van der Waals surface area contributed by atoms with Crippen LogP contribution in [-0.2, 0) is 0 Å². The van der Waals surface area contributed by atoms with Gasteiger partial charge in [0.2, 0.25) is 0 Å². The first kappa shape index (κ1) is 10.9. The van der Waals surface area contributed by atoms with Crippen molar-refractivity contribution >= 4 is 0 Å². The minimum Gasteiger partial charge on any atom is -0.395 e. The van der Waals surface area contributed by atoms with E-state index in [9.17, 15) is 0 Å². The molecule has 0 aromatic carbocycles. The molecule has 0 spiro atoms. The standard InChI is InChI=1S/C8H20N2O/c1-6(2)8(5-11)10-7(3)4-9/h6-8,10-11H,4-5,9H2,1-3H3. The first-order valence-corrected chi connectivity index (χ1v) is 4.18. The first-order valence-electron chi connectivity index (χ1n) is 4.18. The Balaban J connectivity index is 3.68. The maximum Gasteiger partial charge on any atom is 0.0587 e. The predicted octanol–water partition coefficient (Wildman–Crippen LogP) is -0.0599. The number of aliphatic hydroxyl groups is 1. The number of hydrogen-bond acceptors (Lipinski definition) is 3. The molecule has 2 atom stereocenters. The van der Waals surface area contributed by atoms with Crippen molar-refractivity contribution in [3.63, 3.8) is 0 Å². The maximum absolute atomic E-state index is 8.94. The molecule has 0 fully saturated rings. The number of nitrogens with two attached hydrogens (primary N) is 1. The molecule has 0 aliphatic carbocycles. The Labute approximate surface area is 69.0 Å². The van der Waals surface area contributed by atoms with Gasteiger partial charge in [-0.15, -0.1) is 0 Å². The fourth-order valence-electron chi connectivity index (χ4n) is 0.889. The molecule has 0 heterocycles. The third-order valence-electron chi connectivity index (χ3n) is 1.85. The van der Waals surface area contributed by atoms with Crippen LogP contribution >= 0.6 is 0 Å². The summed E-state index contributed by atoms with van der Waals surface area (Å²) in [5, 5.41) is 12.2. The average Bonchev–Trinajstić information content (AvgIpc) is 1.99. The predicted molar refractivity (Wildman–Crippen MR) is 47.4 cm³/mol. The van der Waals surface area contributed by atoms with Crippen LogP contribution < -0.4 is 11.1 Å². The highest BCUT2D eigenvalue weighted by Gasteiger charge is 2.13. The Bertz CT molecular complexity index is 96.1. The lowest BCUT2D eigenvalue weighted by atomic mass is 10.0. The van der Waals surface area contributed by atoms with Crippen molar-refractivity contribution in [3.05, 3.63) is 0 Å². The van der Waals surface area contributed by atoms with Crippen molar-refractivity contribution in [1.29, 1.82) is 0 Å². The summed E-state index contributed by atoms with van der Waals surface area (Å²) in [5.41, 5.74) is 5.43. The molecular formula is C8H20N2O. The summed E-state index contributed by atoms with van der Waals surface area (Å²) >= 11 is 0. The van der Waals surface area contributed by atoms with E-state index in [1.807, 2.05) is 6.92 Å². The van der Waals surface area contributed by atoms with E-state index < -0.39 is 0 Å². The van der Waals surface area contributed by atoms with Crippen LogP contribution in [0.1, 0.15) is 20.8 Å². The van der Waals surface area contributed by atoms with E-state index in [-0.39, 0.29) is 18.7 Å². The normalized spacial score (nSPS) is 16.9. The molecule has 0 rings (SSSR count). The van der Waals surface area contributed by atoms with Crippen LogP contribution in [0.3, 0.4) is 0 Å². The second-order valence-corrected chi connectivity index (χ2v) is 3.34. The van der Waals surface area contributed by atoms with Crippen LogP contribution in [0.4, 0.5) is 0 Å². The van der Waals surface area contributed by atoms with Crippen LogP contribution in [0.15, 0.2) is 0 Å². The number of nitrogens with one attached hydrogen (secondary N) is 1. The molecule has 0 aliphatic heterocycles. The second kappa shape index (κ2) is 5.52. The Kier molecular flexibility index (Phi) is 5.46. The van der Waals surface area contributed by atoms with Crippen molar-refractivity contribution in [2.45, 2.75) is 32.9 Å². The van der Waals surface area contributed by atoms with E-state index >= 15 is 0 Å². The molecule has 3 nitrogen and oxygen atoms in total. The van der Waals surface area contributed by atoms with Crippen molar-refractivity contribution in [2.75, 3.05) is 13.2 Å². The minimum atomic E-state index is 0.175. The third-order valence-corrected chi connectivity index (χ3v) is 1.85. The molecule has 0 saturated heterocycles. The molecule has 0 saturated carbocycles. The molecule has 0 radical (unpaired) electrons. The fourth-order valence-corrected chi connectivity index (χ4v) is 0.889. The van der Waals surface area contributed by atoms with Crippen molar-refractivity contribution in [3.8, 4) is 0 Å². The molecule has 11 heavy (non-hydrogen) atoms. The maximum atomic E-state index is 8.94. The summed E-state index contributed by atoms with van der Waals surface area (Å²) < 4.78 is 0. The zero-order valence-corrected chi connectivity index (χ0v) is 7.67. The molecule has 0 aromatic heterocycles. The van der Waals surface area contributed by atoms with Gasteiger partial charge in [0.05, 0.1) is 6.61 Å². The molecule has 0 amide bonds. The van der Waals surface area contributed by atoms with Gasteiger partial charge in [-0.3, -0.25) is 0 Å². The number of rotatable bonds is 5. The fraction of sp³-hybridized carbons (Fsp3) is 1.00. The zero-order chi connectivity index (χ0) is 8.85. The summed E-state index contributed by atoms with van der Waals surface area (Å²) in [4.78, 5) is 0. The van der Waals surface area contributed by atoms with Gasteiger partial charge in [0, 0.05) is 18.6 Å². The SMILES string of the molecule is CC(CN)NC(CO)C(C)C. The molecule has 3 heteroatoms. The van der Waals surface area contributed by atoms with E-state index in [0.29, 0.717) is 12.5 Å². The van der Waals surface area contributed by atoms with E-state index in [2.05, 4.69) is 19.2 Å². The third kappa shape index (κ3) is 4.35. The summed E-state index contributed by atoms with van der Waals surface area (Å²) in [7, 11) is 0. The number of hydrogen-bond donors (Lipinski definition) is 3. The highest BCUT2D eigenvalue weighted by molar-refractivity contribution is 4.73. The summed E-state index contributed by atoms with van der Waals surface area (Å²) in [6.07, 6.45) is 0. The van der Waals surface area contributed by atoms with E-state index in [1.165, 1.54) is 0 Å². The van der Waals surface area contributed by atoms with Crippen LogP contribution in [0, 0.1) is 5.92 Å². The van der Waals surface area contributed by atoms with E-state index in [4.69, 9.17) is 10.8 Å². The van der Waals surface area contributed by atoms with Gasteiger partial charge in [0.25, 0.3) is 0 Å². The lowest BCUT2D eigenvalue weighted by Gasteiger charge is -2.23. The van der Waals surface area contributed by atoms with Gasteiger partial charge in [-0.2, -0.15) is 0 Å². The minimum absolute atomic E-state index is 0.175. The second-order valence-electron chi connectivity index (χ2n) is 3.34. The average molecular weight is 160 g/mol. The Morgan fingerprint density at radius 3 is 2.18 bits per heavy atom. The summed E-state index contributed by atoms with van der Waals surface area (Å²) in [6.45, 7) is 6.98. The monoisotopic (exact) mass is 160 g/mol. The Morgan fingerprint density at radius 1 is 1.36 bits per heavy atom. The van der Waals surface area contributed by atoms with Crippen LogP contribution in [0.2, 0.25) is 0 Å². The van der Waals surface area contributed by atoms with Gasteiger partial charge >= 0.3 is 0 Å². The lowest BCUT2D eigenvalue weighted by molar-refractivity contribution is 0.202. The summed E-state index contributed by atoms with van der Waals surface area (Å²) in [6, 6.07) is 0.461. The quantitative estimate of drug-likeness (QED) is 0.528. The van der Waals surface area contributed by atoms with Gasteiger partial charge in [0.15, 0.2) is 0 Å². The van der Waals surface area contributed by atoms with Gasteiger partial charge in [-0.25, -0.2) is 0 Å². The first-order chi connectivity index (χ1) is 5.11. The van der Waals surface area contributed by atoms with Crippen LogP contribution in [0.25, 0.3) is 0 Å². The molecule has 68 valence electrons. The lowest BCUT2D eigenvalue weighted by Crippen LogP contribution is -2.45. The largest absolute Gasteiger partial charge is 0.395 e. The van der Waals surface area contributed by atoms with E-state index in [0.717, 1.165) is 0 Å². The van der Waals surface area contributed by atoms with Crippen molar-refractivity contribution in [2.24, 2.45) is 11.7 Å². The molecule has 0 aliphatic rings. The highest BCUT2D eigenvalue weighted by atomic mass is 16.3. The Morgan fingerprint density at radius 2 is 1.91 bits per heavy atom. The smallest absolute Gasteiger partial charge is 0.0587 e. The van der Waals surface area contributed by atoms with Gasteiger partial charge in [0.1, 0.15) is 0 Å². The van der Waals surface area contributed by atoms with Gasteiger partial charge in [-0.05, 0) is 12.8 Å². The van der Waals surface area contributed by atoms with Crippen LogP contribution in [0.5, 0.6) is 0 Å².